The number of thioether (sulfide) groups is 1. The van der Waals surface area contributed by atoms with Gasteiger partial charge >= 0.3 is 5.51 Å². The number of benzene rings is 1. The van der Waals surface area contributed by atoms with Crippen molar-refractivity contribution in [1.82, 2.24) is 9.55 Å². The molecule has 0 atom stereocenters. The number of aromatic nitrogens is 2. The average Bonchev–Trinajstić information content (AvgIpc) is 2.66. The van der Waals surface area contributed by atoms with Crippen LogP contribution in [0.2, 0.25) is 0 Å². The molecular formula is C13H16F3N3S. The summed E-state index contributed by atoms with van der Waals surface area (Å²) < 4.78 is 38.5. The molecule has 7 heteroatoms. The summed E-state index contributed by atoms with van der Waals surface area (Å²) in [6.45, 7) is 4.22. The summed E-state index contributed by atoms with van der Waals surface area (Å²) in [4.78, 5) is 4.48. The second-order valence-corrected chi connectivity index (χ2v) is 5.98. The molecule has 1 heterocycles. The molecule has 0 saturated heterocycles. The standard InChI is InChI=1S/C13H16F3N3S/c1-8(2)12-18-10-7-9(17)3-4-11(10)19(12)5-6-20-13(14,15)16/h3-4,7-8H,5-6,17H2,1-2H3. The number of rotatable bonds is 4. The number of imidazole rings is 1. The van der Waals surface area contributed by atoms with Crippen molar-refractivity contribution in [1.29, 1.82) is 0 Å². The number of anilines is 1. The molecule has 1 aromatic heterocycles. The van der Waals surface area contributed by atoms with Crippen molar-refractivity contribution in [2.45, 2.75) is 31.8 Å². The number of fused-ring (bicyclic) bond motifs is 1. The molecule has 0 unspecified atom stereocenters. The number of nitrogens with zero attached hydrogens (tertiary/aromatic N) is 2. The van der Waals surface area contributed by atoms with Crippen LogP contribution in [0.3, 0.4) is 0 Å². The number of hydrogen-bond acceptors (Lipinski definition) is 3. The molecule has 2 N–H and O–H groups in total. The Morgan fingerprint density at radius 3 is 2.65 bits per heavy atom. The van der Waals surface area contributed by atoms with Crippen LogP contribution in [0.1, 0.15) is 25.6 Å². The van der Waals surface area contributed by atoms with Crippen molar-refractivity contribution in [3.8, 4) is 0 Å². The molecule has 110 valence electrons. The molecule has 0 saturated carbocycles. The minimum Gasteiger partial charge on any atom is -0.399 e. The minimum absolute atomic E-state index is 0.00937. The summed E-state index contributed by atoms with van der Waals surface area (Å²) >= 11 is -0.00937. The van der Waals surface area contributed by atoms with Gasteiger partial charge in [-0.2, -0.15) is 13.2 Å². The van der Waals surface area contributed by atoms with E-state index in [1.807, 2.05) is 24.5 Å². The van der Waals surface area contributed by atoms with Gasteiger partial charge in [0.2, 0.25) is 0 Å². The van der Waals surface area contributed by atoms with E-state index in [0.717, 1.165) is 16.9 Å². The van der Waals surface area contributed by atoms with Crippen molar-refractivity contribution >= 4 is 28.5 Å². The van der Waals surface area contributed by atoms with E-state index in [1.54, 1.807) is 12.1 Å². The highest BCUT2D eigenvalue weighted by Gasteiger charge is 2.28. The first-order chi connectivity index (χ1) is 9.28. The van der Waals surface area contributed by atoms with E-state index in [-0.39, 0.29) is 30.0 Å². The number of hydrogen-bond donors (Lipinski definition) is 1. The summed E-state index contributed by atoms with van der Waals surface area (Å²) in [5.74, 6) is 0.895. The van der Waals surface area contributed by atoms with Gasteiger partial charge < -0.3 is 10.3 Å². The molecule has 2 aromatic rings. The average molecular weight is 303 g/mol. The molecule has 0 spiro atoms. The Hall–Kier alpha value is -1.37. The fourth-order valence-corrected chi connectivity index (χ4v) is 2.60. The van der Waals surface area contributed by atoms with Crippen LogP contribution in [0.4, 0.5) is 18.9 Å². The van der Waals surface area contributed by atoms with E-state index in [0.29, 0.717) is 5.69 Å². The number of nitrogens with two attached hydrogens (primary N) is 1. The van der Waals surface area contributed by atoms with Crippen molar-refractivity contribution in [3.05, 3.63) is 24.0 Å². The molecule has 3 nitrogen and oxygen atoms in total. The van der Waals surface area contributed by atoms with Gasteiger partial charge in [-0.3, -0.25) is 0 Å². The number of halogens is 3. The molecular weight excluding hydrogens is 287 g/mol. The fourth-order valence-electron chi connectivity index (χ4n) is 2.09. The lowest BCUT2D eigenvalue weighted by Crippen LogP contribution is -2.10. The number of nitrogen functional groups attached to an aromatic ring is 1. The molecule has 2 rings (SSSR count). The summed E-state index contributed by atoms with van der Waals surface area (Å²) in [5.41, 5.74) is 3.67. The summed E-state index contributed by atoms with van der Waals surface area (Å²) in [7, 11) is 0. The van der Waals surface area contributed by atoms with Crippen molar-refractivity contribution in [2.24, 2.45) is 0 Å². The third-order valence-electron chi connectivity index (χ3n) is 2.90. The maximum absolute atomic E-state index is 12.2. The van der Waals surface area contributed by atoms with Gasteiger partial charge in [0, 0.05) is 23.9 Å². The Labute approximate surface area is 119 Å². The first kappa shape index (κ1) is 15.0. The molecule has 0 amide bonds. The topological polar surface area (TPSA) is 43.8 Å². The minimum atomic E-state index is -4.20. The molecule has 0 aliphatic rings. The van der Waals surface area contributed by atoms with Crippen LogP contribution in [0.15, 0.2) is 18.2 Å². The predicted molar refractivity (Wildman–Crippen MR) is 76.7 cm³/mol. The number of aryl methyl sites for hydroxylation is 1. The SMILES string of the molecule is CC(C)c1nc2cc(N)ccc2n1CCSC(F)(F)F. The quantitative estimate of drug-likeness (QED) is 0.868. The van der Waals surface area contributed by atoms with Gasteiger partial charge in [-0.25, -0.2) is 4.98 Å². The normalized spacial score (nSPS) is 12.5. The molecule has 0 aliphatic carbocycles. The van der Waals surface area contributed by atoms with Gasteiger partial charge in [-0.15, -0.1) is 0 Å². The third-order valence-corrected chi connectivity index (χ3v) is 3.61. The van der Waals surface area contributed by atoms with Crippen molar-refractivity contribution in [3.63, 3.8) is 0 Å². The van der Waals surface area contributed by atoms with Crippen molar-refractivity contribution < 1.29 is 13.2 Å². The highest BCUT2D eigenvalue weighted by molar-refractivity contribution is 8.00. The Kier molecular flexibility index (Phi) is 4.17. The summed E-state index contributed by atoms with van der Waals surface area (Å²) in [5, 5.41) is 0. The first-order valence-electron chi connectivity index (χ1n) is 6.24. The molecule has 0 fully saturated rings. The van der Waals surface area contributed by atoms with Gasteiger partial charge in [-0.1, -0.05) is 13.8 Å². The van der Waals surface area contributed by atoms with Gasteiger partial charge in [0.15, 0.2) is 0 Å². The van der Waals surface area contributed by atoms with Gasteiger partial charge in [0.25, 0.3) is 0 Å². The Bertz CT molecular complexity index is 605. The Morgan fingerprint density at radius 2 is 2.05 bits per heavy atom. The van der Waals surface area contributed by atoms with Gasteiger partial charge in [-0.05, 0) is 30.0 Å². The maximum atomic E-state index is 12.2. The van der Waals surface area contributed by atoms with Gasteiger partial charge in [0.1, 0.15) is 5.82 Å². The number of alkyl halides is 3. The molecule has 0 bridgehead atoms. The Morgan fingerprint density at radius 1 is 1.35 bits per heavy atom. The smallest absolute Gasteiger partial charge is 0.399 e. The predicted octanol–water partition coefficient (Wildman–Crippen LogP) is 3.99. The van der Waals surface area contributed by atoms with Crippen LogP contribution < -0.4 is 5.73 Å². The van der Waals surface area contributed by atoms with E-state index in [9.17, 15) is 13.2 Å². The van der Waals surface area contributed by atoms with Crippen LogP contribution in [0.5, 0.6) is 0 Å². The molecule has 0 radical (unpaired) electrons. The third kappa shape index (κ3) is 3.39. The van der Waals surface area contributed by atoms with Crippen LogP contribution in [0.25, 0.3) is 11.0 Å². The zero-order valence-electron chi connectivity index (χ0n) is 11.2. The summed E-state index contributed by atoms with van der Waals surface area (Å²) in [6, 6.07) is 5.29. The zero-order valence-corrected chi connectivity index (χ0v) is 12.1. The lowest BCUT2D eigenvalue weighted by molar-refractivity contribution is -0.0328. The van der Waals surface area contributed by atoms with E-state index in [4.69, 9.17) is 5.73 Å². The van der Waals surface area contributed by atoms with Crippen LogP contribution in [-0.2, 0) is 6.54 Å². The van der Waals surface area contributed by atoms with E-state index in [1.165, 1.54) is 0 Å². The van der Waals surface area contributed by atoms with E-state index < -0.39 is 5.51 Å². The first-order valence-corrected chi connectivity index (χ1v) is 7.23. The highest BCUT2D eigenvalue weighted by Crippen LogP contribution is 2.31. The molecule has 1 aromatic carbocycles. The lowest BCUT2D eigenvalue weighted by atomic mass is 10.2. The van der Waals surface area contributed by atoms with Crippen LogP contribution in [-0.4, -0.2) is 20.8 Å². The lowest BCUT2D eigenvalue weighted by Gasteiger charge is -2.12. The largest absolute Gasteiger partial charge is 0.441 e. The van der Waals surface area contributed by atoms with Gasteiger partial charge in [0.05, 0.1) is 11.0 Å². The highest BCUT2D eigenvalue weighted by atomic mass is 32.2. The zero-order chi connectivity index (χ0) is 14.9. The monoisotopic (exact) mass is 303 g/mol. The second kappa shape index (κ2) is 5.55. The summed E-state index contributed by atoms with van der Waals surface area (Å²) in [6.07, 6.45) is 0. The van der Waals surface area contributed by atoms with E-state index >= 15 is 0 Å². The van der Waals surface area contributed by atoms with Crippen molar-refractivity contribution in [2.75, 3.05) is 11.5 Å². The second-order valence-electron chi connectivity index (χ2n) is 4.82. The van der Waals surface area contributed by atoms with E-state index in [2.05, 4.69) is 4.98 Å². The van der Waals surface area contributed by atoms with Crippen LogP contribution >= 0.6 is 11.8 Å². The van der Waals surface area contributed by atoms with Crippen LogP contribution in [0, 0.1) is 0 Å². The fraction of sp³-hybridized carbons (Fsp3) is 0.462. The molecule has 20 heavy (non-hydrogen) atoms. The Balaban J connectivity index is 2.32. The molecule has 0 aliphatic heterocycles. The maximum Gasteiger partial charge on any atom is 0.441 e.